The molecule has 2 heterocycles. The maximum Gasteiger partial charge on any atom is 0.255 e. The lowest BCUT2D eigenvalue weighted by Crippen LogP contribution is -2.37. The monoisotopic (exact) mass is 422 g/mol. The van der Waals surface area contributed by atoms with Gasteiger partial charge in [0.1, 0.15) is 5.75 Å². The third-order valence-corrected chi connectivity index (χ3v) is 5.16. The first-order valence-electron chi connectivity index (χ1n) is 10.1. The highest BCUT2D eigenvalue weighted by atomic mass is 19.2. The Morgan fingerprint density at radius 3 is 2.13 bits per heavy atom. The average Bonchev–Trinajstić information content (AvgIpc) is 2.67. The van der Waals surface area contributed by atoms with Gasteiger partial charge in [-0.25, -0.2) is 0 Å². The second-order valence-corrected chi connectivity index (χ2v) is 9.60. The number of nitrogens with zero attached hydrogens (tertiary/aromatic N) is 2. The standard InChI is InChI=1S/C23H29F3N2O2/c1-22(2,3)14-7-8-16(15(13-14)23(4,5)6)30-19-17(24)20(26)27-21(18(19)25)28-9-11-29-12-10-28/h7-8,13H,9-12H2,1-6H3. The lowest BCUT2D eigenvalue weighted by atomic mass is 9.80. The zero-order valence-electron chi connectivity index (χ0n) is 18.4. The quantitative estimate of drug-likeness (QED) is 0.593. The number of hydrogen-bond donors (Lipinski definition) is 0. The van der Waals surface area contributed by atoms with Gasteiger partial charge in [0.05, 0.1) is 13.2 Å². The first-order chi connectivity index (χ1) is 13.9. The summed E-state index contributed by atoms with van der Waals surface area (Å²) in [5.74, 6) is -4.61. The van der Waals surface area contributed by atoms with E-state index < -0.39 is 23.3 Å². The SMILES string of the molecule is CC(C)(C)c1ccc(Oc2c(F)c(F)nc(N3CCOCC3)c2F)c(C(C)(C)C)c1. The van der Waals surface area contributed by atoms with Crippen molar-refractivity contribution in [3.05, 3.63) is 46.9 Å². The number of rotatable bonds is 3. The molecule has 1 saturated heterocycles. The van der Waals surface area contributed by atoms with Crippen molar-refractivity contribution in [3.63, 3.8) is 0 Å². The van der Waals surface area contributed by atoms with Crippen molar-refractivity contribution < 1.29 is 22.6 Å². The van der Waals surface area contributed by atoms with Crippen LogP contribution in [0.25, 0.3) is 0 Å². The smallest absolute Gasteiger partial charge is 0.255 e. The van der Waals surface area contributed by atoms with Gasteiger partial charge in [-0.3, -0.25) is 0 Å². The van der Waals surface area contributed by atoms with Gasteiger partial charge in [-0.2, -0.15) is 18.2 Å². The van der Waals surface area contributed by atoms with Gasteiger partial charge >= 0.3 is 0 Å². The van der Waals surface area contributed by atoms with E-state index in [9.17, 15) is 8.78 Å². The van der Waals surface area contributed by atoms with E-state index in [-0.39, 0.29) is 22.4 Å². The van der Waals surface area contributed by atoms with Gasteiger partial charge in [0.2, 0.25) is 17.4 Å². The first-order valence-corrected chi connectivity index (χ1v) is 10.1. The van der Waals surface area contributed by atoms with Crippen LogP contribution in [0.1, 0.15) is 52.7 Å². The molecule has 0 saturated carbocycles. The number of aromatic nitrogens is 1. The zero-order chi connectivity index (χ0) is 22.3. The number of anilines is 1. The van der Waals surface area contributed by atoms with E-state index in [1.54, 1.807) is 6.07 Å². The zero-order valence-corrected chi connectivity index (χ0v) is 18.4. The summed E-state index contributed by atoms with van der Waals surface area (Å²) in [6, 6.07) is 5.53. The number of morpholine rings is 1. The number of benzene rings is 1. The van der Waals surface area contributed by atoms with Crippen LogP contribution in [-0.4, -0.2) is 31.3 Å². The van der Waals surface area contributed by atoms with E-state index >= 15 is 4.39 Å². The molecule has 2 aromatic rings. The molecule has 1 aliphatic heterocycles. The highest BCUT2D eigenvalue weighted by Crippen LogP contribution is 2.40. The molecule has 0 radical (unpaired) electrons. The van der Waals surface area contributed by atoms with Crippen molar-refractivity contribution in [1.82, 2.24) is 4.98 Å². The summed E-state index contributed by atoms with van der Waals surface area (Å²) in [5, 5.41) is 0. The molecule has 0 N–H and O–H groups in total. The van der Waals surface area contributed by atoms with Gasteiger partial charge in [0.25, 0.3) is 5.95 Å². The Hall–Kier alpha value is -2.28. The normalized spacial score (nSPS) is 15.4. The number of ether oxygens (including phenoxy) is 2. The van der Waals surface area contributed by atoms with Crippen LogP contribution in [0.15, 0.2) is 18.2 Å². The Bertz CT molecular complexity index is 928. The number of hydrogen-bond acceptors (Lipinski definition) is 4. The molecule has 0 unspecified atom stereocenters. The van der Waals surface area contributed by atoms with Crippen molar-refractivity contribution >= 4 is 5.82 Å². The van der Waals surface area contributed by atoms with Gasteiger partial charge in [-0.05, 0) is 22.5 Å². The fourth-order valence-electron chi connectivity index (χ4n) is 3.34. The first kappa shape index (κ1) is 22.4. The highest BCUT2D eigenvalue weighted by Gasteiger charge is 2.29. The maximum atomic E-state index is 15.2. The van der Waals surface area contributed by atoms with E-state index in [1.807, 2.05) is 32.9 Å². The molecule has 0 atom stereocenters. The molecule has 0 bridgehead atoms. The molecule has 0 amide bonds. The summed E-state index contributed by atoms with van der Waals surface area (Å²) in [7, 11) is 0. The molecular formula is C23H29F3N2O2. The van der Waals surface area contributed by atoms with Crippen LogP contribution in [0, 0.1) is 17.6 Å². The fraction of sp³-hybridized carbons (Fsp3) is 0.522. The van der Waals surface area contributed by atoms with Gasteiger partial charge < -0.3 is 14.4 Å². The second-order valence-electron chi connectivity index (χ2n) is 9.60. The van der Waals surface area contributed by atoms with Crippen LogP contribution >= 0.6 is 0 Å². The minimum atomic E-state index is -1.44. The fourth-order valence-corrected chi connectivity index (χ4v) is 3.34. The van der Waals surface area contributed by atoms with Crippen molar-refractivity contribution in [2.24, 2.45) is 0 Å². The van der Waals surface area contributed by atoms with Crippen LogP contribution < -0.4 is 9.64 Å². The summed E-state index contributed by atoms with van der Waals surface area (Å²) in [4.78, 5) is 5.02. The highest BCUT2D eigenvalue weighted by molar-refractivity contribution is 5.51. The van der Waals surface area contributed by atoms with E-state index in [4.69, 9.17) is 9.47 Å². The summed E-state index contributed by atoms with van der Waals surface area (Å²) in [6.45, 7) is 13.6. The summed E-state index contributed by atoms with van der Waals surface area (Å²) >= 11 is 0. The van der Waals surface area contributed by atoms with Crippen LogP contribution in [0.4, 0.5) is 19.0 Å². The van der Waals surface area contributed by atoms with E-state index in [0.29, 0.717) is 26.3 Å². The predicted molar refractivity (Wildman–Crippen MR) is 111 cm³/mol. The van der Waals surface area contributed by atoms with E-state index in [0.717, 1.165) is 11.1 Å². The molecule has 164 valence electrons. The number of pyridine rings is 1. The average molecular weight is 422 g/mol. The molecule has 1 aromatic heterocycles. The van der Waals surface area contributed by atoms with Gasteiger partial charge in [0, 0.05) is 18.7 Å². The number of halogens is 3. The molecule has 4 nitrogen and oxygen atoms in total. The molecule has 1 fully saturated rings. The van der Waals surface area contributed by atoms with Crippen molar-refractivity contribution in [3.8, 4) is 11.5 Å². The lowest BCUT2D eigenvalue weighted by molar-refractivity contribution is 0.122. The van der Waals surface area contributed by atoms with Crippen molar-refractivity contribution in [2.75, 3.05) is 31.2 Å². The van der Waals surface area contributed by atoms with E-state index in [1.165, 1.54) is 4.90 Å². The molecule has 1 aromatic carbocycles. The third-order valence-electron chi connectivity index (χ3n) is 5.16. The summed E-state index contributed by atoms with van der Waals surface area (Å²) in [5.41, 5.74) is 1.37. The second kappa shape index (κ2) is 8.10. The molecule has 3 rings (SSSR count). The topological polar surface area (TPSA) is 34.6 Å². The Morgan fingerprint density at radius 2 is 1.57 bits per heavy atom. The minimum absolute atomic E-state index is 0.110. The maximum absolute atomic E-state index is 15.2. The van der Waals surface area contributed by atoms with Crippen LogP contribution in [0.5, 0.6) is 11.5 Å². The lowest BCUT2D eigenvalue weighted by Gasteiger charge is -2.29. The Balaban J connectivity index is 2.09. The Labute approximate surface area is 176 Å². The van der Waals surface area contributed by atoms with Crippen molar-refractivity contribution in [2.45, 2.75) is 52.4 Å². The largest absolute Gasteiger partial charge is 0.451 e. The minimum Gasteiger partial charge on any atom is -0.451 e. The molecule has 0 spiro atoms. The third kappa shape index (κ3) is 4.56. The molecule has 1 aliphatic rings. The molecule has 7 heteroatoms. The van der Waals surface area contributed by atoms with Gasteiger partial charge in [-0.15, -0.1) is 0 Å². The summed E-state index contributed by atoms with van der Waals surface area (Å²) < 4.78 is 54.9. The van der Waals surface area contributed by atoms with Crippen molar-refractivity contribution in [1.29, 1.82) is 0 Å². The Kier molecular flexibility index (Phi) is 6.05. The van der Waals surface area contributed by atoms with Gasteiger partial charge in [0.15, 0.2) is 5.82 Å². The van der Waals surface area contributed by atoms with Crippen LogP contribution in [-0.2, 0) is 15.6 Å². The summed E-state index contributed by atoms with van der Waals surface area (Å²) in [6.07, 6.45) is 0. The Morgan fingerprint density at radius 1 is 0.933 bits per heavy atom. The molecular weight excluding hydrogens is 393 g/mol. The van der Waals surface area contributed by atoms with E-state index in [2.05, 4.69) is 25.8 Å². The molecule has 30 heavy (non-hydrogen) atoms. The van der Waals surface area contributed by atoms with Crippen LogP contribution in [0.3, 0.4) is 0 Å². The van der Waals surface area contributed by atoms with Gasteiger partial charge in [-0.1, -0.05) is 53.7 Å². The molecule has 0 aliphatic carbocycles. The van der Waals surface area contributed by atoms with Crippen LogP contribution in [0.2, 0.25) is 0 Å². The predicted octanol–water partition coefficient (Wildman–Crippen LogP) is 5.72.